The van der Waals surface area contributed by atoms with Crippen molar-refractivity contribution < 1.29 is 29.0 Å². The number of carbonyl (C=O) groups excluding carboxylic acids is 3. The average Bonchev–Trinajstić information content (AvgIpc) is 3.08. The summed E-state index contributed by atoms with van der Waals surface area (Å²) < 4.78 is 5.55. The number of amides is 3. The molecule has 0 saturated heterocycles. The molecule has 3 N–H and O–H groups in total. The molecular weight excluding hydrogens is 618 g/mol. The van der Waals surface area contributed by atoms with E-state index in [2.05, 4.69) is 10.6 Å². The third-order valence-corrected chi connectivity index (χ3v) is 8.42. The molecule has 0 aliphatic heterocycles. The maximum Gasteiger partial charge on any atom is 0.330 e. The van der Waals surface area contributed by atoms with Crippen LogP contribution >= 0.6 is 0 Å². The summed E-state index contributed by atoms with van der Waals surface area (Å²) in [5, 5.41) is 18.5. The number of hydrogen-bond acceptors (Lipinski definition) is 5. The molecule has 3 amide bonds. The number of nitrogens with one attached hydrogen (secondary N) is 2. The summed E-state index contributed by atoms with van der Waals surface area (Å²) in [4.78, 5) is 53.9. The SMILES string of the molecule is CC(=O)NCCOC(=O)C(CCc1ccccc1)CN(CC(C)C)C(=O)N[C@@](Cc1ccccc1)(Cc1ccc2ccccc2c1)C(=O)O. The Morgan fingerprint density at radius 2 is 1.39 bits per heavy atom. The topological polar surface area (TPSA) is 125 Å². The van der Waals surface area contributed by atoms with Crippen molar-refractivity contribution in [2.45, 2.75) is 52.0 Å². The van der Waals surface area contributed by atoms with Gasteiger partial charge in [-0.2, -0.15) is 0 Å². The van der Waals surface area contributed by atoms with E-state index in [0.29, 0.717) is 19.4 Å². The molecule has 0 fully saturated rings. The molecule has 0 aromatic heterocycles. The van der Waals surface area contributed by atoms with E-state index in [1.54, 1.807) is 4.90 Å². The number of urea groups is 1. The Hall–Kier alpha value is -5.18. The van der Waals surface area contributed by atoms with Gasteiger partial charge in [0.1, 0.15) is 12.1 Å². The number of rotatable bonds is 17. The van der Waals surface area contributed by atoms with Crippen LogP contribution in [0.1, 0.15) is 43.9 Å². The van der Waals surface area contributed by atoms with Crippen LogP contribution in [0.2, 0.25) is 0 Å². The highest BCUT2D eigenvalue weighted by atomic mass is 16.5. The molecule has 9 nitrogen and oxygen atoms in total. The minimum Gasteiger partial charge on any atom is -0.479 e. The Morgan fingerprint density at radius 3 is 2.02 bits per heavy atom. The van der Waals surface area contributed by atoms with Crippen LogP contribution in [0.5, 0.6) is 0 Å². The van der Waals surface area contributed by atoms with E-state index in [9.17, 15) is 24.3 Å². The predicted octanol–water partition coefficient (Wildman–Crippen LogP) is 6.04. The van der Waals surface area contributed by atoms with Crippen molar-refractivity contribution in [3.63, 3.8) is 0 Å². The Morgan fingerprint density at radius 1 is 0.776 bits per heavy atom. The fraction of sp³-hybridized carbons (Fsp3) is 0.350. The second kappa shape index (κ2) is 17.8. The van der Waals surface area contributed by atoms with Crippen molar-refractivity contribution in [1.29, 1.82) is 0 Å². The van der Waals surface area contributed by atoms with Crippen molar-refractivity contribution in [1.82, 2.24) is 15.5 Å². The number of esters is 1. The number of nitrogens with zero attached hydrogens (tertiary/aromatic N) is 1. The first-order chi connectivity index (χ1) is 23.5. The molecule has 0 radical (unpaired) electrons. The highest BCUT2D eigenvalue weighted by molar-refractivity contribution is 5.88. The minimum atomic E-state index is -1.69. The van der Waals surface area contributed by atoms with Gasteiger partial charge in [-0.05, 0) is 46.2 Å². The van der Waals surface area contributed by atoms with Crippen molar-refractivity contribution in [3.05, 3.63) is 120 Å². The van der Waals surface area contributed by atoms with Crippen LogP contribution in [0.3, 0.4) is 0 Å². The number of carboxylic acid groups (broad SMARTS) is 1. The van der Waals surface area contributed by atoms with Gasteiger partial charge in [0.15, 0.2) is 0 Å². The Bertz CT molecular complexity index is 1690. The van der Waals surface area contributed by atoms with Crippen LogP contribution in [0.15, 0.2) is 103 Å². The summed E-state index contributed by atoms with van der Waals surface area (Å²) in [7, 11) is 0. The largest absolute Gasteiger partial charge is 0.479 e. The van der Waals surface area contributed by atoms with Gasteiger partial charge >= 0.3 is 18.0 Å². The quantitative estimate of drug-likeness (QED) is 0.0933. The molecule has 49 heavy (non-hydrogen) atoms. The van der Waals surface area contributed by atoms with Gasteiger partial charge < -0.3 is 25.4 Å². The van der Waals surface area contributed by atoms with Crippen LogP contribution in [-0.2, 0) is 38.4 Å². The Labute approximate surface area is 288 Å². The van der Waals surface area contributed by atoms with E-state index >= 15 is 0 Å². The van der Waals surface area contributed by atoms with Crippen LogP contribution < -0.4 is 10.6 Å². The Kier molecular flexibility index (Phi) is 13.3. The van der Waals surface area contributed by atoms with Gasteiger partial charge in [0.25, 0.3) is 0 Å². The van der Waals surface area contributed by atoms with Crippen LogP contribution in [0, 0.1) is 11.8 Å². The molecule has 0 heterocycles. The molecule has 0 saturated carbocycles. The second-order valence-electron chi connectivity index (χ2n) is 13.0. The van der Waals surface area contributed by atoms with E-state index in [0.717, 1.165) is 27.5 Å². The average molecular weight is 666 g/mol. The van der Waals surface area contributed by atoms with E-state index in [1.165, 1.54) is 6.92 Å². The lowest BCUT2D eigenvalue weighted by molar-refractivity contribution is -0.149. The zero-order valence-electron chi connectivity index (χ0n) is 28.6. The zero-order valence-corrected chi connectivity index (χ0v) is 28.6. The molecule has 258 valence electrons. The Balaban J connectivity index is 1.63. The summed E-state index contributed by atoms with van der Waals surface area (Å²) in [6.07, 6.45) is 1.10. The fourth-order valence-corrected chi connectivity index (χ4v) is 5.99. The normalized spacial score (nSPS) is 12.9. The van der Waals surface area contributed by atoms with Gasteiger partial charge in [-0.1, -0.05) is 117 Å². The maximum absolute atomic E-state index is 14.3. The molecule has 9 heteroatoms. The zero-order chi connectivity index (χ0) is 35.2. The number of ether oxygens (including phenoxy) is 1. The number of benzene rings is 4. The molecule has 4 aromatic carbocycles. The van der Waals surface area contributed by atoms with Gasteiger partial charge in [-0.25, -0.2) is 9.59 Å². The molecule has 4 rings (SSSR count). The van der Waals surface area contributed by atoms with Crippen molar-refractivity contribution >= 4 is 34.6 Å². The number of aliphatic carboxylic acids is 1. The molecule has 2 atom stereocenters. The van der Waals surface area contributed by atoms with Crippen LogP contribution in [0.25, 0.3) is 10.8 Å². The minimum absolute atomic E-state index is 0.00157. The standard InChI is InChI=1S/C40H47N3O6/c1-29(2)27-43(28-36(21-18-31-12-6-4-7-13-31)37(45)49-23-22-41-30(3)44)39(48)42-40(38(46)47,25-32-14-8-5-9-15-32)26-33-19-20-34-16-10-11-17-35(34)24-33/h4-17,19-20,24,29,36H,18,21-23,25-28H2,1-3H3,(H,41,44)(H,42,48)(H,46,47)/t36?,40-/m0/s1. The monoisotopic (exact) mass is 665 g/mol. The lowest BCUT2D eigenvalue weighted by atomic mass is 9.84. The summed E-state index contributed by atoms with van der Waals surface area (Å²) in [5.74, 6) is -2.51. The highest BCUT2D eigenvalue weighted by Crippen LogP contribution is 2.25. The highest BCUT2D eigenvalue weighted by Gasteiger charge is 2.42. The third-order valence-electron chi connectivity index (χ3n) is 8.42. The van der Waals surface area contributed by atoms with Crippen LogP contribution in [0.4, 0.5) is 4.79 Å². The van der Waals surface area contributed by atoms with Gasteiger partial charge in [-0.3, -0.25) is 9.59 Å². The predicted molar refractivity (Wildman–Crippen MR) is 191 cm³/mol. The number of hydrogen-bond donors (Lipinski definition) is 3. The first-order valence-corrected chi connectivity index (χ1v) is 16.8. The first-order valence-electron chi connectivity index (χ1n) is 16.8. The van der Waals surface area contributed by atoms with Gasteiger partial charge in [0.05, 0.1) is 12.5 Å². The van der Waals surface area contributed by atoms with Crippen LogP contribution in [-0.4, -0.2) is 65.7 Å². The van der Waals surface area contributed by atoms with E-state index < -0.39 is 29.4 Å². The number of fused-ring (bicyclic) bond motifs is 1. The summed E-state index contributed by atoms with van der Waals surface area (Å²) in [5.41, 5.74) is 0.900. The molecule has 0 bridgehead atoms. The molecular formula is C40H47N3O6. The lowest BCUT2D eigenvalue weighted by Gasteiger charge is -2.35. The molecule has 0 aliphatic rings. The molecule has 0 aliphatic carbocycles. The molecule has 1 unspecified atom stereocenters. The number of aryl methyl sites for hydroxylation is 1. The van der Waals surface area contributed by atoms with Gasteiger partial charge in [-0.15, -0.1) is 0 Å². The fourth-order valence-electron chi connectivity index (χ4n) is 5.99. The third kappa shape index (κ3) is 11.2. The van der Waals surface area contributed by atoms with Crippen molar-refractivity contribution in [2.75, 3.05) is 26.2 Å². The van der Waals surface area contributed by atoms with Gasteiger partial charge in [0, 0.05) is 32.9 Å². The second-order valence-corrected chi connectivity index (χ2v) is 13.0. The van der Waals surface area contributed by atoms with E-state index in [4.69, 9.17) is 4.74 Å². The maximum atomic E-state index is 14.3. The van der Waals surface area contributed by atoms with Gasteiger partial charge in [0.2, 0.25) is 5.91 Å². The molecule has 4 aromatic rings. The summed E-state index contributed by atoms with van der Waals surface area (Å²) in [6, 6.07) is 32.1. The molecule has 0 spiro atoms. The number of carbonyl (C=O) groups is 4. The van der Waals surface area contributed by atoms with E-state index in [1.807, 2.05) is 117 Å². The lowest BCUT2D eigenvalue weighted by Crippen LogP contribution is -2.61. The summed E-state index contributed by atoms with van der Waals surface area (Å²) in [6.45, 7) is 5.83. The first kappa shape index (κ1) is 36.7. The number of carboxylic acids is 1. The van der Waals surface area contributed by atoms with E-state index in [-0.39, 0.29) is 44.4 Å². The van der Waals surface area contributed by atoms with Crippen molar-refractivity contribution in [3.8, 4) is 0 Å². The smallest absolute Gasteiger partial charge is 0.330 e. The summed E-state index contributed by atoms with van der Waals surface area (Å²) >= 11 is 0. The van der Waals surface area contributed by atoms with Crippen molar-refractivity contribution in [2.24, 2.45) is 11.8 Å².